The second-order valence-corrected chi connectivity index (χ2v) is 6.10. The number of nitrogens with one attached hydrogen (secondary N) is 1. The van der Waals surface area contributed by atoms with Gasteiger partial charge in [0, 0.05) is 11.7 Å². The second kappa shape index (κ2) is 5.43. The van der Waals surface area contributed by atoms with Crippen LogP contribution in [0.1, 0.15) is 50.5 Å². The first kappa shape index (κ1) is 13.6. The summed E-state index contributed by atoms with van der Waals surface area (Å²) in [5.74, 6) is 1.64. The van der Waals surface area contributed by atoms with Crippen molar-refractivity contribution in [2.45, 2.75) is 59.0 Å². The topological polar surface area (TPSA) is 29.9 Å². The van der Waals surface area contributed by atoms with Crippen molar-refractivity contribution in [3.05, 3.63) is 17.7 Å². The highest BCUT2D eigenvalue weighted by molar-refractivity contribution is 5.11. The number of aryl methyl sites for hydroxylation is 1. The van der Waals surface area contributed by atoms with Crippen LogP contribution in [-0.4, -0.2) is 22.6 Å². The number of hydrogen-bond donors (Lipinski definition) is 1. The number of aromatic nitrogens is 2. The number of rotatable bonds is 3. The minimum absolute atomic E-state index is 0.567. The van der Waals surface area contributed by atoms with Crippen LogP contribution in [0.4, 0.5) is 0 Å². The molecule has 2 rings (SSSR count). The highest BCUT2D eigenvalue weighted by Gasteiger charge is 2.32. The molecular formula is C15H27N3. The van der Waals surface area contributed by atoms with E-state index in [1.807, 2.05) is 6.33 Å². The maximum atomic E-state index is 4.47. The molecule has 0 aromatic carbocycles. The third-order valence-electron chi connectivity index (χ3n) is 4.81. The van der Waals surface area contributed by atoms with Crippen LogP contribution in [0, 0.1) is 25.7 Å². The van der Waals surface area contributed by atoms with E-state index in [1.54, 1.807) is 0 Å². The SMILES string of the molecule is CNC1CCC(C(C)C)CC1n1cnc(C)c1C. The molecule has 3 nitrogen and oxygen atoms in total. The highest BCUT2D eigenvalue weighted by atomic mass is 15.1. The van der Waals surface area contributed by atoms with Gasteiger partial charge in [-0.15, -0.1) is 0 Å². The Labute approximate surface area is 111 Å². The lowest BCUT2D eigenvalue weighted by molar-refractivity contribution is 0.175. The molecule has 0 amide bonds. The van der Waals surface area contributed by atoms with Gasteiger partial charge in [0.1, 0.15) is 0 Å². The standard InChI is InChI=1S/C15H27N3/c1-10(2)13-6-7-14(16-5)15(8-13)18-9-17-11(3)12(18)4/h9-10,13-16H,6-8H2,1-5H3. The van der Waals surface area contributed by atoms with Gasteiger partial charge >= 0.3 is 0 Å². The largest absolute Gasteiger partial charge is 0.330 e. The molecule has 1 heterocycles. The predicted molar refractivity (Wildman–Crippen MR) is 75.8 cm³/mol. The third-order valence-corrected chi connectivity index (χ3v) is 4.81. The van der Waals surface area contributed by atoms with Crippen molar-refractivity contribution < 1.29 is 0 Å². The minimum atomic E-state index is 0.567. The monoisotopic (exact) mass is 249 g/mol. The van der Waals surface area contributed by atoms with Crippen molar-refractivity contribution in [1.82, 2.24) is 14.9 Å². The molecule has 1 N–H and O–H groups in total. The van der Waals surface area contributed by atoms with Crippen molar-refractivity contribution in [1.29, 1.82) is 0 Å². The van der Waals surface area contributed by atoms with E-state index in [2.05, 4.69) is 49.6 Å². The first-order chi connectivity index (χ1) is 8.54. The number of nitrogens with zero attached hydrogens (tertiary/aromatic N) is 2. The van der Waals surface area contributed by atoms with Gasteiger partial charge in [-0.2, -0.15) is 0 Å². The molecular weight excluding hydrogens is 222 g/mol. The normalized spacial score (nSPS) is 28.9. The van der Waals surface area contributed by atoms with Gasteiger partial charge in [-0.05, 0) is 52.0 Å². The molecule has 3 atom stereocenters. The summed E-state index contributed by atoms with van der Waals surface area (Å²) < 4.78 is 2.39. The van der Waals surface area contributed by atoms with Gasteiger partial charge in [0.05, 0.1) is 18.1 Å². The van der Waals surface area contributed by atoms with Gasteiger partial charge < -0.3 is 9.88 Å². The molecule has 1 aromatic rings. The average Bonchev–Trinajstić information content (AvgIpc) is 2.69. The summed E-state index contributed by atoms with van der Waals surface area (Å²) in [5.41, 5.74) is 2.49. The van der Waals surface area contributed by atoms with Crippen LogP contribution in [0.5, 0.6) is 0 Å². The summed E-state index contributed by atoms with van der Waals surface area (Å²) in [6.07, 6.45) is 5.94. The molecule has 1 saturated carbocycles. The Kier molecular flexibility index (Phi) is 4.10. The molecule has 3 heteroatoms. The van der Waals surface area contributed by atoms with Crippen LogP contribution in [0.25, 0.3) is 0 Å². The molecule has 0 bridgehead atoms. The van der Waals surface area contributed by atoms with Gasteiger partial charge in [0.2, 0.25) is 0 Å². The average molecular weight is 249 g/mol. The number of hydrogen-bond acceptors (Lipinski definition) is 2. The Hall–Kier alpha value is -0.830. The predicted octanol–water partition coefficient (Wildman–Crippen LogP) is 3.09. The molecule has 102 valence electrons. The van der Waals surface area contributed by atoms with Crippen LogP contribution in [-0.2, 0) is 0 Å². The molecule has 1 aromatic heterocycles. The Morgan fingerprint density at radius 3 is 2.56 bits per heavy atom. The fourth-order valence-corrected chi connectivity index (χ4v) is 3.28. The molecule has 18 heavy (non-hydrogen) atoms. The van der Waals surface area contributed by atoms with Crippen molar-refractivity contribution >= 4 is 0 Å². The van der Waals surface area contributed by atoms with Crippen molar-refractivity contribution in [3.8, 4) is 0 Å². The van der Waals surface area contributed by atoms with Gasteiger partial charge in [0.15, 0.2) is 0 Å². The highest BCUT2D eigenvalue weighted by Crippen LogP contribution is 2.37. The zero-order valence-corrected chi connectivity index (χ0v) is 12.4. The second-order valence-electron chi connectivity index (χ2n) is 6.10. The van der Waals surface area contributed by atoms with Crippen LogP contribution < -0.4 is 5.32 Å². The van der Waals surface area contributed by atoms with E-state index in [0.717, 1.165) is 17.5 Å². The first-order valence-electron chi connectivity index (χ1n) is 7.21. The van der Waals surface area contributed by atoms with Crippen LogP contribution in [0.2, 0.25) is 0 Å². The van der Waals surface area contributed by atoms with Crippen molar-refractivity contribution in [2.75, 3.05) is 7.05 Å². The maximum Gasteiger partial charge on any atom is 0.0954 e. The minimum Gasteiger partial charge on any atom is -0.330 e. The molecule has 3 unspecified atom stereocenters. The first-order valence-corrected chi connectivity index (χ1v) is 7.21. The van der Waals surface area contributed by atoms with Crippen molar-refractivity contribution in [2.24, 2.45) is 11.8 Å². The van der Waals surface area contributed by atoms with E-state index < -0.39 is 0 Å². The van der Waals surface area contributed by atoms with Gasteiger partial charge in [-0.25, -0.2) is 4.98 Å². The van der Waals surface area contributed by atoms with Gasteiger partial charge in [0.25, 0.3) is 0 Å². The number of imidazole rings is 1. The summed E-state index contributed by atoms with van der Waals surface area (Å²) in [5, 5.41) is 3.50. The smallest absolute Gasteiger partial charge is 0.0954 e. The molecule has 0 aliphatic heterocycles. The van der Waals surface area contributed by atoms with Gasteiger partial charge in [-0.1, -0.05) is 13.8 Å². The summed E-state index contributed by atoms with van der Waals surface area (Å²) >= 11 is 0. The van der Waals surface area contributed by atoms with E-state index in [1.165, 1.54) is 25.0 Å². The summed E-state index contributed by atoms with van der Waals surface area (Å²) in [7, 11) is 2.09. The maximum absolute atomic E-state index is 4.47. The zero-order valence-electron chi connectivity index (χ0n) is 12.4. The lowest BCUT2D eigenvalue weighted by Crippen LogP contribution is -2.41. The van der Waals surface area contributed by atoms with Crippen LogP contribution in [0.15, 0.2) is 6.33 Å². The zero-order chi connectivity index (χ0) is 13.3. The molecule has 1 fully saturated rings. The van der Waals surface area contributed by atoms with E-state index >= 15 is 0 Å². The fourth-order valence-electron chi connectivity index (χ4n) is 3.28. The van der Waals surface area contributed by atoms with E-state index in [9.17, 15) is 0 Å². The Morgan fingerprint density at radius 2 is 2.06 bits per heavy atom. The summed E-state index contributed by atoms with van der Waals surface area (Å²) in [6.45, 7) is 9.00. The van der Waals surface area contributed by atoms with E-state index in [-0.39, 0.29) is 0 Å². The molecule has 0 spiro atoms. The lowest BCUT2D eigenvalue weighted by Gasteiger charge is -2.39. The van der Waals surface area contributed by atoms with Crippen molar-refractivity contribution in [3.63, 3.8) is 0 Å². The Morgan fingerprint density at radius 1 is 1.33 bits per heavy atom. The lowest BCUT2D eigenvalue weighted by atomic mass is 9.76. The van der Waals surface area contributed by atoms with E-state index in [4.69, 9.17) is 0 Å². The molecule has 0 radical (unpaired) electrons. The van der Waals surface area contributed by atoms with Crippen LogP contribution in [0.3, 0.4) is 0 Å². The van der Waals surface area contributed by atoms with Crippen LogP contribution >= 0.6 is 0 Å². The number of likely N-dealkylation sites (N-methyl/N-ethyl adjacent to an activating group) is 1. The molecule has 1 aliphatic rings. The molecule has 1 aliphatic carbocycles. The quantitative estimate of drug-likeness (QED) is 0.892. The third kappa shape index (κ3) is 2.46. The van der Waals surface area contributed by atoms with E-state index in [0.29, 0.717) is 12.1 Å². The van der Waals surface area contributed by atoms with Gasteiger partial charge in [-0.3, -0.25) is 0 Å². The summed E-state index contributed by atoms with van der Waals surface area (Å²) in [4.78, 5) is 4.47. The Bertz CT molecular complexity index is 394. The molecule has 0 saturated heterocycles. The fraction of sp³-hybridized carbons (Fsp3) is 0.800. The Balaban J connectivity index is 2.23. The summed E-state index contributed by atoms with van der Waals surface area (Å²) in [6, 6.07) is 1.16.